The first-order chi connectivity index (χ1) is 10.1. The lowest BCUT2D eigenvalue weighted by atomic mass is 10.3. The predicted molar refractivity (Wildman–Crippen MR) is 77.2 cm³/mol. The van der Waals surface area contributed by atoms with Gasteiger partial charge in [-0.1, -0.05) is 0 Å². The van der Waals surface area contributed by atoms with Crippen LogP contribution in [0.1, 0.15) is 6.42 Å². The molecule has 1 fully saturated rings. The molecular weight excluding hydrogens is 294 g/mol. The van der Waals surface area contributed by atoms with E-state index in [4.69, 9.17) is 0 Å². The zero-order valence-electron chi connectivity index (χ0n) is 11.4. The van der Waals surface area contributed by atoms with Crippen molar-refractivity contribution >= 4 is 21.7 Å². The van der Waals surface area contributed by atoms with Crippen LogP contribution in [0, 0.1) is 0 Å². The van der Waals surface area contributed by atoms with Crippen LogP contribution in [-0.4, -0.2) is 57.5 Å². The van der Waals surface area contributed by atoms with Crippen LogP contribution in [-0.2, 0) is 9.84 Å². The molecule has 1 unspecified atom stereocenters. The van der Waals surface area contributed by atoms with Gasteiger partial charge in [0.15, 0.2) is 9.84 Å². The van der Waals surface area contributed by atoms with E-state index in [0.717, 1.165) is 0 Å². The van der Waals surface area contributed by atoms with Crippen molar-refractivity contribution < 1.29 is 8.42 Å². The second-order valence-corrected chi connectivity index (χ2v) is 6.98. The number of aromatic nitrogens is 5. The molecule has 1 saturated heterocycles. The molecule has 0 bridgehead atoms. The lowest BCUT2D eigenvalue weighted by molar-refractivity contribution is 0.602. The molecule has 1 atom stereocenters. The molecule has 0 amide bonds. The molecular formula is C11H15N7O2S. The second kappa shape index (κ2) is 5.28. The standard InChI is InChI=1S/C11H15N7O2S/c1-12-9-15-10(14-8-2-5-21(19,20)6-8)17-11(16-9)18-4-3-13-7-18/h3-4,7-8H,2,5-6H2,1H3,(H2,12,14,15,16,17). The van der Waals surface area contributed by atoms with E-state index < -0.39 is 9.84 Å². The van der Waals surface area contributed by atoms with Crippen molar-refractivity contribution in [3.05, 3.63) is 18.7 Å². The molecule has 3 heterocycles. The van der Waals surface area contributed by atoms with Gasteiger partial charge in [0, 0.05) is 25.5 Å². The predicted octanol–water partition coefficient (Wildman–Crippen LogP) is -0.302. The molecule has 3 rings (SSSR count). The van der Waals surface area contributed by atoms with Gasteiger partial charge in [0.2, 0.25) is 17.8 Å². The summed E-state index contributed by atoms with van der Waals surface area (Å²) in [5, 5.41) is 5.92. The maximum atomic E-state index is 11.5. The molecule has 0 radical (unpaired) electrons. The van der Waals surface area contributed by atoms with Gasteiger partial charge in [0.1, 0.15) is 6.33 Å². The lowest BCUT2D eigenvalue weighted by Gasteiger charge is -2.12. The summed E-state index contributed by atoms with van der Waals surface area (Å²) < 4.78 is 24.6. The van der Waals surface area contributed by atoms with Crippen LogP contribution in [0.2, 0.25) is 0 Å². The van der Waals surface area contributed by atoms with Gasteiger partial charge in [-0.15, -0.1) is 0 Å². The van der Waals surface area contributed by atoms with E-state index in [1.165, 1.54) is 0 Å². The van der Waals surface area contributed by atoms with Gasteiger partial charge in [-0.05, 0) is 6.42 Å². The van der Waals surface area contributed by atoms with Crippen molar-refractivity contribution in [2.45, 2.75) is 12.5 Å². The van der Waals surface area contributed by atoms with Gasteiger partial charge in [0.05, 0.1) is 11.5 Å². The summed E-state index contributed by atoms with van der Waals surface area (Å²) in [4.78, 5) is 16.7. The average Bonchev–Trinajstić information content (AvgIpc) is 3.08. The molecule has 0 aromatic carbocycles. The number of sulfone groups is 1. The van der Waals surface area contributed by atoms with E-state index >= 15 is 0 Å². The SMILES string of the molecule is CNc1nc(NC2CCS(=O)(=O)C2)nc(-n2ccnc2)n1. The van der Waals surface area contributed by atoms with Gasteiger partial charge in [0.25, 0.3) is 0 Å². The maximum Gasteiger partial charge on any atom is 0.241 e. The minimum Gasteiger partial charge on any atom is -0.357 e. The third-order valence-corrected chi connectivity index (χ3v) is 4.92. The fourth-order valence-corrected chi connectivity index (χ4v) is 3.80. The van der Waals surface area contributed by atoms with E-state index in [1.54, 1.807) is 30.3 Å². The van der Waals surface area contributed by atoms with Gasteiger partial charge in [-0.2, -0.15) is 15.0 Å². The molecule has 1 aliphatic rings. The third-order valence-electron chi connectivity index (χ3n) is 3.15. The van der Waals surface area contributed by atoms with Gasteiger partial charge >= 0.3 is 0 Å². The largest absolute Gasteiger partial charge is 0.357 e. The summed E-state index contributed by atoms with van der Waals surface area (Å²) in [6.07, 6.45) is 5.49. The molecule has 21 heavy (non-hydrogen) atoms. The third kappa shape index (κ3) is 3.10. The Kier molecular flexibility index (Phi) is 3.45. The van der Waals surface area contributed by atoms with Crippen LogP contribution in [0.4, 0.5) is 11.9 Å². The van der Waals surface area contributed by atoms with E-state index in [-0.39, 0.29) is 17.5 Å². The average molecular weight is 309 g/mol. The Bertz CT molecular complexity index is 729. The number of imidazole rings is 1. The Morgan fingerprint density at radius 1 is 1.29 bits per heavy atom. The first kappa shape index (κ1) is 13.7. The molecule has 2 aromatic rings. The Morgan fingerprint density at radius 2 is 2.10 bits per heavy atom. The summed E-state index contributed by atoms with van der Waals surface area (Å²) in [7, 11) is -1.24. The van der Waals surface area contributed by atoms with E-state index in [1.807, 2.05) is 0 Å². The number of nitrogens with zero attached hydrogens (tertiary/aromatic N) is 5. The van der Waals surface area contributed by atoms with Crippen molar-refractivity contribution in [1.29, 1.82) is 0 Å². The fraction of sp³-hybridized carbons (Fsp3) is 0.455. The maximum absolute atomic E-state index is 11.5. The lowest BCUT2D eigenvalue weighted by Crippen LogP contribution is -2.23. The van der Waals surface area contributed by atoms with E-state index in [9.17, 15) is 8.42 Å². The van der Waals surface area contributed by atoms with Crippen LogP contribution >= 0.6 is 0 Å². The highest BCUT2D eigenvalue weighted by molar-refractivity contribution is 7.91. The first-order valence-electron chi connectivity index (χ1n) is 6.45. The number of hydrogen-bond acceptors (Lipinski definition) is 8. The number of rotatable bonds is 4. The number of anilines is 2. The summed E-state index contributed by atoms with van der Waals surface area (Å²) in [5.41, 5.74) is 0. The van der Waals surface area contributed by atoms with Crippen molar-refractivity contribution in [3.8, 4) is 5.95 Å². The van der Waals surface area contributed by atoms with Crippen LogP contribution in [0.25, 0.3) is 5.95 Å². The van der Waals surface area contributed by atoms with Crippen LogP contribution in [0.3, 0.4) is 0 Å². The van der Waals surface area contributed by atoms with Crippen LogP contribution < -0.4 is 10.6 Å². The van der Waals surface area contributed by atoms with Crippen molar-refractivity contribution in [3.63, 3.8) is 0 Å². The molecule has 112 valence electrons. The Labute approximate surface area is 121 Å². The first-order valence-corrected chi connectivity index (χ1v) is 8.27. The minimum atomic E-state index is -2.95. The van der Waals surface area contributed by atoms with Gasteiger partial charge < -0.3 is 10.6 Å². The summed E-state index contributed by atoms with van der Waals surface area (Å²) in [5.74, 6) is 1.46. The Morgan fingerprint density at radius 3 is 2.71 bits per heavy atom. The molecule has 0 saturated carbocycles. The van der Waals surface area contributed by atoms with E-state index in [0.29, 0.717) is 24.3 Å². The van der Waals surface area contributed by atoms with Crippen LogP contribution in [0.5, 0.6) is 0 Å². The highest BCUT2D eigenvalue weighted by atomic mass is 32.2. The van der Waals surface area contributed by atoms with E-state index in [2.05, 4.69) is 30.6 Å². The highest BCUT2D eigenvalue weighted by Crippen LogP contribution is 2.16. The Balaban J connectivity index is 1.86. The summed E-state index contributed by atoms with van der Waals surface area (Å²) in [6.45, 7) is 0. The number of hydrogen-bond donors (Lipinski definition) is 2. The topological polar surface area (TPSA) is 115 Å². The smallest absolute Gasteiger partial charge is 0.241 e. The molecule has 10 heteroatoms. The second-order valence-electron chi connectivity index (χ2n) is 4.75. The molecule has 9 nitrogen and oxygen atoms in total. The van der Waals surface area contributed by atoms with Crippen molar-refractivity contribution in [2.75, 3.05) is 29.2 Å². The van der Waals surface area contributed by atoms with Crippen LogP contribution in [0.15, 0.2) is 18.7 Å². The highest BCUT2D eigenvalue weighted by Gasteiger charge is 2.28. The Hall–Kier alpha value is -2.23. The zero-order valence-corrected chi connectivity index (χ0v) is 12.2. The van der Waals surface area contributed by atoms with Crippen molar-refractivity contribution in [2.24, 2.45) is 0 Å². The molecule has 0 aliphatic carbocycles. The van der Waals surface area contributed by atoms with Gasteiger partial charge in [-0.3, -0.25) is 4.57 Å². The fourth-order valence-electron chi connectivity index (χ4n) is 2.13. The zero-order chi connectivity index (χ0) is 14.9. The normalized spacial score (nSPS) is 20.3. The minimum absolute atomic E-state index is 0.105. The molecule has 2 N–H and O–H groups in total. The monoisotopic (exact) mass is 309 g/mol. The molecule has 0 spiro atoms. The summed E-state index contributed by atoms with van der Waals surface area (Å²) >= 11 is 0. The van der Waals surface area contributed by atoms with Crippen molar-refractivity contribution in [1.82, 2.24) is 24.5 Å². The number of nitrogens with one attached hydrogen (secondary N) is 2. The van der Waals surface area contributed by atoms with Gasteiger partial charge in [-0.25, -0.2) is 13.4 Å². The summed E-state index contributed by atoms with van der Waals surface area (Å²) in [6, 6.07) is -0.169. The molecule has 1 aliphatic heterocycles. The quantitative estimate of drug-likeness (QED) is 0.791. The molecule has 2 aromatic heterocycles.